The Hall–Kier alpha value is -2.00. The first-order chi connectivity index (χ1) is 10.6. The summed E-state index contributed by atoms with van der Waals surface area (Å²) in [7, 11) is -3.95. The third-order valence-corrected chi connectivity index (χ3v) is 4.20. The second-order valence-corrected chi connectivity index (χ2v) is 6.67. The minimum Gasteiger partial charge on any atom is -0.492 e. The monoisotopic (exact) mass is 366 g/mol. The van der Waals surface area contributed by atoms with Crippen molar-refractivity contribution in [1.29, 1.82) is 0 Å². The van der Waals surface area contributed by atoms with E-state index in [4.69, 9.17) is 11.6 Å². The van der Waals surface area contributed by atoms with Gasteiger partial charge >= 0.3 is 6.18 Å². The highest BCUT2D eigenvalue weighted by Crippen LogP contribution is 2.29. The summed E-state index contributed by atoms with van der Waals surface area (Å²) in [6.07, 6.45) is -4.49. The molecule has 1 heterocycles. The van der Waals surface area contributed by atoms with Crippen molar-refractivity contribution in [2.24, 2.45) is 0 Å². The van der Waals surface area contributed by atoms with Crippen molar-refractivity contribution >= 4 is 27.3 Å². The van der Waals surface area contributed by atoms with Gasteiger partial charge < -0.3 is 5.11 Å². The van der Waals surface area contributed by atoms with Crippen molar-refractivity contribution in [3.63, 3.8) is 0 Å². The zero-order valence-corrected chi connectivity index (χ0v) is 12.9. The Kier molecular flexibility index (Phi) is 4.71. The maximum Gasteiger partial charge on any atom is 0.416 e. The quantitative estimate of drug-likeness (QED) is 0.813. The van der Waals surface area contributed by atoms with Crippen molar-refractivity contribution in [2.45, 2.75) is 11.9 Å². The van der Waals surface area contributed by atoms with Gasteiger partial charge in [-0.15, -0.1) is 0 Å². The first kappa shape index (κ1) is 17.4. The molecule has 0 unspecified atom stereocenters. The first-order valence-electron chi connectivity index (χ1n) is 6.09. The highest BCUT2D eigenvalue weighted by molar-refractivity contribution is 7.91. The van der Waals surface area contributed by atoms with E-state index in [9.17, 15) is 26.7 Å². The number of rotatable bonds is 4. The average molecular weight is 367 g/mol. The number of benzene rings is 1. The molecule has 0 radical (unpaired) electrons. The summed E-state index contributed by atoms with van der Waals surface area (Å²) in [5.74, 6) is -1.17. The van der Waals surface area contributed by atoms with E-state index in [1.807, 2.05) is 0 Å². The molecule has 2 aromatic rings. The van der Waals surface area contributed by atoms with Gasteiger partial charge in [0.25, 0.3) is 0 Å². The summed E-state index contributed by atoms with van der Waals surface area (Å²) < 4.78 is 63.4. The zero-order chi connectivity index (χ0) is 17.3. The number of nitrogens with one attached hydrogen (secondary N) is 1. The maximum atomic E-state index is 12.4. The Morgan fingerprint density at radius 1 is 1.13 bits per heavy atom. The molecular formula is C13H10ClF3N2O3S. The molecule has 5 nitrogen and oxygen atoms in total. The molecule has 0 aliphatic rings. The van der Waals surface area contributed by atoms with E-state index in [0.717, 1.165) is 24.3 Å². The molecule has 2 N–H and O–H groups in total. The number of anilines is 1. The maximum absolute atomic E-state index is 12.4. The molecule has 0 bridgehead atoms. The van der Waals surface area contributed by atoms with E-state index >= 15 is 0 Å². The number of aromatic nitrogens is 1. The Labute approximate surface area is 134 Å². The molecule has 124 valence electrons. The highest BCUT2D eigenvalue weighted by atomic mass is 35.5. The van der Waals surface area contributed by atoms with E-state index in [2.05, 4.69) is 9.71 Å². The largest absolute Gasteiger partial charge is 0.492 e. The number of hydrogen-bond donors (Lipinski definition) is 2. The van der Waals surface area contributed by atoms with E-state index in [1.165, 1.54) is 12.1 Å². The van der Waals surface area contributed by atoms with Crippen LogP contribution >= 0.6 is 11.6 Å². The second-order valence-electron chi connectivity index (χ2n) is 4.56. The third-order valence-electron chi connectivity index (χ3n) is 2.74. The van der Waals surface area contributed by atoms with Gasteiger partial charge in [-0.25, -0.2) is 8.42 Å². The summed E-state index contributed by atoms with van der Waals surface area (Å²) in [5, 5.41) is 9.48. The summed E-state index contributed by atoms with van der Waals surface area (Å²) in [4.78, 5) is 3.47. The molecule has 0 spiro atoms. The Morgan fingerprint density at radius 2 is 1.74 bits per heavy atom. The molecule has 23 heavy (non-hydrogen) atoms. The van der Waals surface area contributed by atoms with Gasteiger partial charge in [0.05, 0.1) is 11.3 Å². The Bertz CT molecular complexity index is 808. The van der Waals surface area contributed by atoms with Crippen molar-refractivity contribution in [2.75, 3.05) is 4.72 Å². The number of aromatic hydroxyl groups is 1. The molecule has 2 rings (SSSR count). The van der Waals surface area contributed by atoms with Crippen LogP contribution in [-0.2, 0) is 22.0 Å². The van der Waals surface area contributed by atoms with E-state index in [1.54, 1.807) is 0 Å². The zero-order valence-electron chi connectivity index (χ0n) is 11.3. The molecule has 0 saturated heterocycles. The fraction of sp³-hybridized carbons (Fsp3) is 0.154. The molecule has 0 aliphatic carbocycles. The molecule has 10 heteroatoms. The SMILES string of the molecule is O=S(=O)(Cc1ccc(C(F)(F)F)cc1)Nc1ccc(Cl)nc1O. The first-order valence-corrected chi connectivity index (χ1v) is 8.12. The molecule has 0 saturated carbocycles. The average Bonchev–Trinajstić information content (AvgIpc) is 2.41. The van der Waals surface area contributed by atoms with Crippen LogP contribution in [0.4, 0.5) is 18.9 Å². The van der Waals surface area contributed by atoms with Gasteiger partial charge in [0.2, 0.25) is 15.9 Å². The van der Waals surface area contributed by atoms with Crippen LogP contribution in [0.25, 0.3) is 0 Å². The van der Waals surface area contributed by atoms with Crippen molar-refractivity contribution in [3.8, 4) is 5.88 Å². The van der Waals surface area contributed by atoms with Crippen molar-refractivity contribution < 1.29 is 26.7 Å². The molecule has 1 aromatic carbocycles. The summed E-state index contributed by atoms with van der Waals surface area (Å²) in [6.45, 7) is 0. The standard InChI is InChI=1S/C13H10ClF3N2O3S/c14-11-6-5-10(12(20)18-11)19-23(21,22)7-8-1-3-9(4-2-8)13(15,16)17/h1-6,19H,7H2,(H,18,20). The van der Waals surface area contributed by atoms with Gasteiger partial charge in [-0.1, -0.05) is 23.7 Å². The number of sulfonamides is 1. The van der Waals surface area contributed by atoms with Gasteiger partial charge in [-0.05, 0) is 29.8 Å². The van der Waals surface area contributed by atoms with E-state index < -0.39 is 33.4 Å². The number of halogens is 4. The lowest BCUT2D eigenvalue weighted by molar-refractivity contribution is -0.137. The van der Waals surface area contributed by atoms with Crippen LogP contribution in [0.15, 0.2) is 36.4 Å². The molecule has 0 aliphatic heterocycles. The van der Waals surface area contributed by atoms with Crippen LogP contribution < -0.4 is 4.72 Å². The smallest absolute Gasteiger partial charge is 0.416 e. The van der Waals surface area contributed by atoms with Crippen LogP contribution in [-0.4, -0.2) is 18.5 Å². The van der Waals surface area contributed by atoms with E-state index in [0.29, 0.717) is 0 Å². The fourth-order valence-electron chi connectivity index (χ4n) is 1.72. The minimum absolute atomic E-state index is 0.0202. The van der Waals surface area contributed by atoms with Gasteiger partial charge in [-0.3, -0.25) is 4.72 Å². The third kappa shape index (κ3) is 4.73. The fourth-order valence-corrected chi connectivity index (χ4v) is 3.06. The van der Waals surface area contributed by atoms with Gasteiger partial charge in [0.15, 0.2) is 0 Å². The van der Waals surface area contributed by atoms with Crippen molar-refractivity contribution in [3.05, 3.63) is 52.7 Å². The lowest BCUT2D eigenvalue weighted by Gasteiger charge is -2.10. The lowest BCUT2D eigenvalue weighted by atomic mass is 10.1. The molecule has 1 aromatic heterocycles. The molecule has 0 atom stereocenters. The topological polar surface area (TPSA) is 79.3 Å². The molecule has 0 amide bonds. The van der Waals surface area contributed by atoms with E-state index in [-0.39, 0.29) is 16.4 Å². The van der Waals surface area contributed by atoms with Gasteiger partial charge in [0.1, 0.15) is 10.8 Å². The van der Waals surface area contributed by atoms with Gasteiger partial charge in [-0.2, -0.15) is 18.2 Å². The Morgan fingerprint density at radius 3 is 2.26 bits per heavy atom. The van der Waals surface area contributed by atoms with Crippen LogP contribution in [0.2, 0.25) is 5.15 Å². The van der Waals surface area contributed by atoms with Crippen LogP contribution in [0, 0.1) is 0 Å². The predicted octanol–water partition coefficient (Wildman–Crippen LogP) is 3.40. The van der Waals surface area contributed by atoms with Crippen LogP contribution in [0.3, 0.4) is 0 Å². The number of pyridine rings is 1. The summed E-state index contributed by atoms with van der Waals surface area (Å²) in [6, 6.07) is 6.23. The number of nitrogens with zero attached hydrogens (tertiary/aromatic N) is 1. The predicted molar refractivity (Wildman–Crippen MR) is 78.6 cm³/mol. The summed E-state index contributed by atoms with van der Waals surface area (Å²) in [5.41, 5.74) is -0.889. The second kappa shape index (κ2) is 6.25. The highest BCUT2D eigenvalue weighted by Gasteiger charge is 2.30. The molecular weight excluding hydrogens is 357 g/mol. The van der Waals surface area contributed by atoms with Gasteiger partial charge in [0, 0.05) is 0 Å². The summed E-state index contributed by atoms with van der Waals surface area (Å²) >= 11 is 5.53. The van der Waals surface area contributed by atoms with Crippen LogP contribution in [0.5, 0.6) is 5.88 Å². The van der Waals surface area contributed by atoms with Crippen molar-refractivity contribution in [1.82, 2.24) is 4.98 Å². The number of alkyl halides is 3. The van der Waals surface area contributed by atoms with Crippen LogP contribution in [0.1, 0.15) is 11.1 Å². The normalized spacial score (nSPS) is 12.2. The number of hydrogen-bond acceptors (Lipinski definition) is 4. The lowest BCUT2D eigenvalue weighted by Crippen LogP contribution is -2.15. The Balaban J connectivity index is 2.15. The molecule has 0 fully saturated rings. The minimum atomic E-state index is -4.49.